The standard InChI is InChI=1S/C20H32N8O9/c21-25-23-5-11-35-13-7-27(8-14-36-12-6-24-26-22)17(29)3-9-33-15-16-34-10-4-20(32)37-28-18(30)1-2-19(28)31/h1-16H2. The van der Waals surface area contributed by atoms with Crippen LogP contribution in [0.15, 0.2) is 10.2 Å². The van der Waals surface area contributed by atoms with E-state index in [-0.39, 0.29) is 97.5 Å². The number of hydrogen-bond acceptors (Lipinski definition) is 11. The van der Waals surface area contributed by atoms with Gasteiger partial charge in [0.2, 0.25) is 5.91 Å². The Morgan fingerprint density at radius 2 is 1.24 bits per heavy atom. The zero-order valence-electron chi connectivity index (χ0n) is 20.6. The van der Waals surface area contributed by atoms with E-state index in [9.17, 15) is 19.2 Å². The van der Waals surface area contributed by atoms with Gasteiger partial charge in [-0.05, 0) is 11.1 Å². The van der Waals surface area contributed by atoms with Crippen LogP contribution < -0.4 is 0 Å². The molecule has 0 spiro atoms. The first kappa shape index (κ1) is 31.6. The summed E-state index contributed by atoms with van der Waals surface area (Å²) >= 11 is 0. The van der Waals surface area contributed by atoms with Gasteiger partial charge in [0.1, 0.15) is 0 Å². The fourth-order valence-corrected chi connectivity index (χ4v) is 2.82. The third-order valence-corrected chi connectivity index (χ3v) is 4.64. The van der Waals surface area contributed by atoms with E-state index in [0.29, 0.717) is 18.2 Å². The van der Waals surface area contributed by atoms with Crippen molar-refractivity contribution in [3.63, 3.8) is 0 Å². The molecule has 1 fully saturated rings. The fourth-order valence-electron chi connectivity index (χ4n) is 2.82. The fraction of sp³-hybridized carbons (Fsp3) is 0.800. The summed E-state index contributed by atoms with van der Waals surface area (Å²) in [5.74, 6) is -2.02. The Bertz CT molecular complexity index is 787. The molecule has 0 radical (unpaired) electrons. The molecule has 1 rings (SSSR count). The first-order chi connectivity index (χ1) is 18.0. The number of nitrogens with zero attached hydrogens (tertiary/aromatic N) is 8. The Kier molecular flexibility index (Phi) is 17.7. The van der Waals surface area contributed by atoms with E-state index in [1.165, 1.54) is 0 Å². The average molecular weight is 529 g/mol. The monoisotopic (exact) mass is 528 g/mol. The summed E-state index contributed by atoms with van der Waals surface area (Å²) in [5, 5.41) is 7.21. The van der Waals surface area contributed by atoms with Crippen molar-refractivity contribution in [2.75, 3.05) is 79.0 Å². The molecule has 17 nitrogen and oxygen atoms in total. The Labute approximate surface area is 213 Å². The normalized spacial score (nSPS) is 12.7. The molecule has 0 bridgehead atoms. The van der Waals surface area contributed by atoms with Crippen molar-refractivity contribution in [2.45, 2.75) is 25.7 Å². The topological polar surface area (TPSA) is 218 Å². The van der Waals surface area contributed by atoms with Crippen LogP contribution in [-0.4, -0.2) is 113 Å². The number of carbonyl (C=O) groups is 4. The van der Waals surface area contributed by atoms with Crippen LogP contribution in [0.2, 0.25) is 0 Å². The van der Waals surface area contributed by atoms with Gasteiger partial charge in [-0.15, -0.1) is 5.06 Å². The molecule has 1 saturated heterocycles. The van der Waals surface area contributed by atoms with Gasteiger partial charge in [-0.2, -0.15) is 0 Å². The summed E-state index contributed by atoms with van der Waals surface area (Å²) in [5.41, 5.74) is 16.5. The van der Waals surface area contributed by atoms with E-state index in [2.05, 4.69) is 20.1 Å². The number of rotatable bonds is 22. The summed E-state index contributed by atoms with van der Waals surface area (Å²) in [6, 6.07) is 0. The number of hydroxylamine groups is 2. The zero-order chi connectivity index (χ0) is 27.1. The van der Waals surface area contributed by atoms with Gasteiger partial charge in [0.25, 0.3) is 11.8 Å². The van der Waals surface area contributed by atoms with Gasteiger partial charge < -0.3 is 28.7 Å². The second kappa shape index (κ2) is 20.7. The van der Waals surface area contributed by atoms with Crippen LogP contribution >= 0.6 is 0 Å². The molecule has 1 heterocycles. The van der Waals surface area contributed by atoms with Gasteiger partial charge in [0.15, 0.2) is 0 Å². The van der Waals surface area contributed by atoms with E-state index in [0.717, 1.165) is 0 Å². The average Bonchev–Trinajstić information content (AvgIpc) is 3.20. The highest BCUT2D eigenvalue weighted by atomic mass is 16.7. The van der Waals surface area contributed by atoms with Crippen molar-refractivity contribution in [3.05, 3.63) is 20.9 Å². The number of azide groups is 2. The summed E-state index contributed by atoms with van der Waals surface area (Å²) in [4.78, 5) is 58.6. The van der Waals surface area contributed by atoms with Crippen molar-refractivity contribution < 1.29 is 43.0 Å². The molecule has 17 heteroatoms. The first-order valence-electron chi connectivity index (χ1n) is 11.7. The summed E-state index contributed by atoms with van der Waals surface area (Å²) in [6.07, 6.45) is 0.0288. The van der Waals surface area contributed by atoms with E-state index in [1.54, 1.807) is 4.90 Å². The number of amides is 3. The molecule has 37 heavy (non-hydrogen) atoms. The maximum atomic E-state index is 12.5. The highest BCUT2D eigenvalue weighted by Gasteiger charge is 2.32. The molecule has 206 valence electrons. The lowest BCUT2D eigenvalue weighted by Crippen LogP contribution is -2.37. The lowest BCUT2D eigenvalue weighted by molar-refractivity contribution is -0.198. The van der Waals surface area contributed by atoms with Crippen LogP contribution in [0, 0.1) is 0 Å². The minimum atomic E-state index is -0.751. The van der Waals surface area contributed by atoms with Crippen molar-refractivity contribution in [1.29, 1.82) is 0 Å². The largest absolute Gasteiger partial charge is 0.379 e. The Balaban J connectivity index is 2.19. The van der Waals surface area contributed by atoms with Crippen LogP contribution in [0.25, 0.3) is 20.9 Å². The predicted octanol–water partition coefficient (Wildman–Crippen LogP) is 0.889. The second-order valence-corrected chi connectivity index (χ2v) is 7.28. The summed E-state index contributed by atoms with van der Waals surface area (Å²) < 4.78 is 21.4. The Hall–Kier alpha value is -3.46. The van der Waals surface area contributed by atoms with Gasteiger partial charge >= 0.3 is 5.97 Å². The lowest BCUT2D eigenvalue weighted by atomic mass is 10.3. The third-order valence-electron chi connectivity index (χ3n) is 4.64. The number of carbonyl (C=O) groups excluding carboxylic acids is 4. The maximum absolute atomic E-state index is 12.5. The molecular formula is C20H32N8O9. The summed E-state index contributed by atoms with van der Waals surface area (Å²) in [6.45, 7) is 2.52. The minimum Gasteiger partial charge on any atom is -0.379 e. The van der Waals surface area contributed by atoms with Gasteiger partial charge in [-0.25, -0.2) is 4.79 Å². The first-order valence-corrected chi connectivity index (χ1v) is 11.7. The molecule has 0 aliphatic carbocycles. The maximum Gasteiger partial charge on any atom is 0.335 e. The number of imide groups is 1. The quantitative estimate of drug-likeness (QED) is 0.0639. The van der Waals surface area contributed by atoms with Crippen LogP contribution in [0.5, 0.6) is 0 Å². The smallest absolute Gasteiger partial charge is 0.335 e. The summed E-state index contributed by atoms with van der Waals surface area (Å²) in [7, 11) is 0. The Morgan fingerprint density at radius 3 is 1.76 bits per heavy atom. The van der Waals surface area contributed by atoms with Gasteiger partial charge in [0.05, 0.1) is 65.7 Å². The molecule has 0 unspecified atom stereocenters. The highest BCUT2D eigenvalue weighted by Crippen LogP contribution is 2.12. The van der Waals surface area contributed by atoms with Crippen LogP contribution in [0.1, 0.15) is 25.7 Å². The van der Waals surface area contributed by atoms with Crippen molar-refractivity contribution in [1.82, 2.24) is 9.96 Å². The predicted molar refractivity (Wildman–Crippen MR) is 124 cm³/mol. The van der Waals surface area contributed by atoms with Crippen LogP contribution in [0.3, 0.4) is 0 Å². The van der Waals surface area contributed by atoms with Gasteiger partial charge in [-0.1, -0.05) is 10.2 Å². The minimum absolute atomic E-state index is 0.0183. The van der Waals surface area contributed by atoms with Crippen molar-refractivity contribution in [3.8, 4) is 0 Å². The van der Waals surface area contributed by atoms with Crippen molar-refractivity contribution >= 4 is 23.7 Å². The van der Waals surface area contributed by atoms with Crippen molar-refractivity contribution in [2.24, 2.45) is 10.2 Å². The van der Waals surface area contributed by atoms with Crippen LogP contribution in [0.4, 0.5) is 0 Å². The number of ether oxygens (including phenoxy) is 4. The second-order valence-electron chi connectivity index (χ2n) is 7.28. The molecule has 1 aliphatic heterocycles. The van der Waals surface area contributed by atoms with E-state index < -0.39 is 17.8 Å². The zero-order valence-corrected chi connectivity index (χ0v) is 20.6. The lowest BCUT2D eigenvalue weighted by Gasteiger charge is -2.22. The third kappa shape index (κ3) is 15.3. The molecular weight excluding hydrogens is 496 g/mol. The Morgan fingerprint density at radius 1 is 0.757 bits per heavy atom. The molecule has 0 atom stereocenters. The van der Waals surface area contributed by atoms with E-state index in [1.807, 2.05) is 0 Å². The molecule has 0 saturated carbocycles. The van der Waals surface area contributed by atoms with E-state index in [4.69, 9.17) is 34.8 Å². The van der Waals surface area contributed by atoms with Crippen LogP contribution in [-0.2, 0) is 43.0 Å². The molecule has 1 aliphatic rings. The highest BCUT2D eigenvalue weighted by molar-refractivity contribution is 6.01. The SMILES string of the molecule is [N-]=[N+]=NCCOCCN(CCOCCN=[N+]=[N-])C(=O)CCOCCOCCC(=O)ON1C(=O)CCC1=O. The number of hydrogen-bond donors (Lipinski definition) is 0. The molecule has 3 amide bonds. The molecule has 0 aromatic heterocycles. The van der Waals surface area contributed by atoms with E-state index >= 15 is 0 Å². The molecule has 0 aromatic rings. The van der Waals surface area contributed by atoms with Gasteiger partial charge in [0, 0.05) is 48.8 Å². The van der Waals surface area contributed by atoms with Gasteiger partial charge in [-0.3, -0.25) is 14.4 Å². The molecule has 0 N–H and O–H groups in total. The molecule has 0 aromatic carbocycles.